The minimum atomic E-state index is 0.428. The summed E-state index contributed by atoms with van der Waals surface area (Å²) in [6.07, 6.45) is 17.5. The SMILES string of the molecule is c1ccc(COC2C(NCC3CCN(C4CCCCCC4)CC3)CC23CCC3)cc1. The van der Waals surface area contributed by atoms with E-state index in [9.17, 15) is 0 Å². The maximum Gasteiger partial charge on any atom is 0.0789 e. The molecule has 1 heterocycles. The van der Waals surface area contributed by atoms with Crippen molar-refractivity contribution in [2.45, 2.75) is 102 Å². The van der Waals surface area contributed by atoms with Crippen LogP contribution in [0.5, 0.6) is 0 Å². The van der Waals surface area contributed by atoms with Crippen molar-refractivity contribution in [2.24, 2.45) is 11.3 Å². The second kappa shape index (κ2) is 9.71. The fraction of sp³-hybridized carbons (Fsp3) is 0.778. The number of ether oxygens (including phenoxy) is 1. The molecule has 30 heavy (non-hydrogen) atoms. The average Bonchev–Trinajstić information content (AvgIpc) is 3.03. The van der Waals surface area contributed by atoms with Gasteiger partial charge in [0, 0.05) is 12.1 Å². The van der Waals surface area contributed by atoms with Crippen molar-refractivity contribution in [1.29, 1.82) is 0 Å². The van der Waals surface area contributed by atoms with Crippen molar-refractivity contribution < 1.29 is 4.74 Å². The van der Waals surface area contributed by atoms with Crippen LogP contribution in [0, 0.1) is 11.3 Å². The lowest BCUT2D eigenvalue weighted by atomic mass is 9.52. The maximum absolute atomic E-state index is 6.51. The Kier molecular flexibility index (Phi) is 6.79. The summed E-state index contributed by atoms with van der Waals surface area (Å²) in [5.41, 5.74) is 1.82. The van der Waals surface area contributed by atoms with Gasteiger partial charge in [-0.15, -0.1) is 0 Å². The number of nitrogens with one attached hydrogen (secondary N) is 1. The molecule has 3 heteroatoms. The molecular formula is C27H42N2O. The van der Waals surface area contributed by atoms with Crippen molar-refractivity contribution in [3.05, 3.63) is 35.9 Å². The van der Waals surface area contributed by atoms with Crippen LogP contribution in [0.2, 0.25) is 0 Å². The van der Waals surface area contributed by atoms with E-state index in [4.69, 9.17) is 4.74 Å². The highest BCUT2D eigenvalue weighted by Crippen LogP contribution is 2.57. The van der Waals surface area contributed by atoms with Gasteiger partial charge in [-0.2, -0.15) is 0 Å². The standard InChI is InChI=1S/C27H42N2O/c1-2-7-12-24(11-6-1)29-17-13-22(14-18-29)20-28-25-19-27(15-8-16-27)26(25)30-21-23-9-4-3-5-10-23/h3-5,9-10,22,24-26,28H,1-2,6-8,11-21H2. The fourth-order valence-corrected chi connectivity index (χ4v) is 6.74. The Balaban J connectivity index is 1.07. The van der Waals surface area contributed by atoms with E-state index in [1.807, 2.05) is 0 Å². The lowest BCUT2D eigenvalue weighted by Crippen LogP contribution is -2.66. The average molecular weight is 411 g/mol. The van der Waals surface area contributed by atoms with Crippen LogP contribution in [0.1, 0.15) is 82.6 Å². The highest BCUT2D eigenvalue weighted by molar-refractivity contribution is 5.15. The van der Waals surface area contributed by atoms with Gasteiger partial charge < -0.3 is 15.0 Å². The Labute approximate surface area is 183 Å². The molecule has 2 unspecified atom stereocenters. The number of rotatable bonds is 7. The first-order valence-electron chi connectivity index (χ1n) is 13.0. The van der Waals surface area contributed by atoms with Gasteiger partial charge in [-0.1, -0.05) is 62.4 Å². The highest BCUT2D eigenvalue weighted by atomic mass is 16.5. The molecule has 3 aliphatic carbocycles. The third-order valence-electron chi connectivity index (χ3n) is 8.88. The molecule has 4 fully saturated rings. The van der Waals surface area contributed by atoms with Gasteiger partial charge in [0.1, 0.15) is 0 Å². The fourth-order valence-electron chi connectivity index (χ4n) is 6.74. The van der Waals surface area contributed by atoms with Gasteiger partial charge in [-0.3, -0.25) is 0 Å². The number of hydrogen-bond acceptors (Lipinski definition) is 3. The summed E-state index contributed by atoms with van der Waals surface area (Å²) in [4.78, 5) is 2.83. The van der Waals surface area contributed by atoms with E-state index in [1.54, 1.807) is 0 Å². The second-order valence-electron chi connectivity index (χ2n) is 10.8. The molecule has 1 aromatic rings. The van der Waals surface area contributed by atoms with Crippen molar-refractivity contribution >= 4 is 0 Å². The van der Waals surface area contributed by atoms with Gasteiger partial charge in [0.15, 0.2) is 0 Å². The molecule has 0 aromatic heterocycles. The zero-order valence-electron chi connectivity index (χ0n) is 18.9. The van der Waals surface area contributed by atoms with Crippen LogP contribution in [0.3, 0.4) is 0 Å². The molecule has 1 aromatic carbocycles. The Morgan fingerprint density at radius 2 is 1.63 bits per heavy atom. The van der Waals surface area contributed by atoms with Gasteiger partial charge in [0.25, 0.3) is 0 Å². The Morgan fingerprint density at radius 3 is 2.30 bits per heavy atom. The number of likely N-dealkylation sites (tertiary alicyclic amines) is 1. The summed E-state index contributed by atoms with van der Waals surface area (Å²) in [6, 6.07) is 12.2. The Hall–Kier alpha value is -0.900. The van der Waals surface area contributed by atoms with E-state index < -0.39 is 0 Å². The van der Waals surface area contributed by atoms with Gasteiger partial charge in [0.05, 0.1) is 12.7 Å². The molecule has 1 aliphatic heterocycles. The normalized spacial score (nSPS) is 30.5. The van der Waals surface area contributed by atoms with Crippen LogP contribution < -0.4 is 5.32 Å². The third-order valence-corrected chi connectivity index (χ3v) is 8.88. The van der Waals surface area contributed by atoms with E-state index in [1.165, 1.54) is 102 Å². The molecule has 2 atom stereocenters. The second-order valence-corrected chi connectivity index (χ2v) is 10.8. The molecule has 166 valence electrons. The summed E-state index contributed by atoms with van der Waals surface area (Å²) >= 11 is 0. The molecule has 4 aliphatic rings. The highest BCUT2D eigenvalue weighted by Gasteiger charge is 2.57. The lowest BCUT2D eigenvalue weighted by Gasteiger charge is -2.60. The Morgan fingerprint density at radius 1 is 0.900 bits per heavy atom. The summed E-state index contributed by atoms with van der Waals surface area (Å²) in [5, 5.41) is 3.96. The summed E-state index contributed by atoms with van der Waals surface area (Å²) < 4.78 is 6.51. The van der Waals surface area contributed by atoms with Crippen LogP contribution in [-0.4, -0.2) is 42.7 Å². The molecule has 5 rings (SSSR count). The molecule has 0 amide bonds. The van der Waals surface area contributed by atoms with Crippen molar-refractivity contribution in [3.8, 4) is 0 Å². The molecule has 0 radical (unpaired) electrons. The van der Waals surface area contributed by atoms with Crippen LogP contribution in [0.4, 0.5) is 0 Å². The molecule has 3 saturated carbocycles. The third kappa shape index (κ3) is 4.64. The maximum atomic E-state index is 6.51. The lowest BCUT2D eigenvalue weighted by molar-refractivity contribution is -0.179. The first-order chi connectivity index (χ1) is 14.8. The summed E-state index contributed by atoms with van der Waals surface area (Å²) in [6.45, 7) is 4.63. The molecule has 0 bridgehead atoms. The topological polar surface area (TPSA) is 24.5 Å². The number of nitrogens with zero attached hydrogens (tertiary/aromatic N) is 1. The van der Waals surface area contributed by atoms with Crippen molar-refractivity contribution in [3.63, 3.8) is 0 Å². The molecule has 1 N–H and O–H groups in total. The molecular weight excluding hydrogens is 368 g/mol. The first kappa shape index (κ1) is 21.0. The smallest absolute Gasteiger partial charge is 0.0789 e. The Bertz CT molecular complexity index is 642. The van der Waals surface area contributed by atoms with E-state index >= 15 is 0 Å². The van der Waals surface area contributed by atoms with E-state index in [-0.39, 0.29) is 0 Å². The zero-order chi connectivity index (χ0) is 20.2. The van der Waals surface area contributed by atoms with E-state index in [2.05, 4.69) is 40.5 Å². The van der Waals surface area contributed by atoms with Crippen LogP contribution >= 0.6 is 0 Å². The van der Waals surface area contributed by atoms with Gasteiger partial charge in [-0.05, 0) is 81.5 Å². The molecule has 1 spiro atoms. The molecule has 3 nitrogen and oxygen atoms in total. The van der Waals surface area contributed by atoms with E-state index in [0.717, 1.165) is 18.6 Å². The number of benzene rings is 1. The van der Waals surface area contributed by atoms with Crippen molar-refractivity contribution in [1.82, 2.24) is 10.2 Å². The minimum absolute atomic E-state index is 0.428. The zero-order valence-corrected chi connectivity index (χ0v) is 18.9. The quantitative estimate of drug-likeness (QED) is 0.597. The van der Waals surface area contributed by atoms with Crippen LogP contribution in [0.15, 0.2) is 30.3 Å². The van der Waals surface area contributed by atoms with Gasteiger partial charge in [0.2, 0.25) is 0 Å². The van der Waals surface area contributed by atoms with E-state index in [0.29, 0.717) is 17.6 Å². The van der Waals surface area contributed by atoms with Crippen LogP contribution in [-0.2, 0) is 11.3 Å². The first-order valence-corrected chi connectivity index (χ1v) is 13.0. The van der Waals surface area contributed by atoms with Gasteiger partial charge in [-0.25, -0.2) is 0 Å². The summed E-state index contributed by atoms with van der Waals surface area (Å²) in [5.74, 6) is 0.861. The number of piperidine rings is 1. The largest absolute Gasteiger partial charge is 0.371 e. The summed E-state index contributed by atoms with van der Waals surface area (Å²) in [7, 11) is 0. The monoisotopic (exact) mass is 410 g/mol. The number of hydrogen-bond donors (Lipinski definition) is 1. The molecule has 1 saturated heterocycles. The van der Waals surface area contributed by atoms with Gasteiger partial charge >= 0.3 is 0 Å². The van der Waals surface area contributed by atoms with Crippen molar-refractivity contribution in [2.75, 3.05) is 19.6 Å². The predicted molar refractivity (Wildman–Crippen MR) is 123 cm³/mol. The van der Waals surface area contributed by atoms with Crippen LogP contribution in [0.25, 0.3) is 0 Å². The predicted octanol–water partition coefficient (Wildman–Crippen LogP) is 5.54. The minimum Gasteiger partial charge on any atom is -0.371 e.